The van der Waals surface area contributed by atoms with Gasteiger partial charge in [-0.15, -0.1) is 0 Å². The fourth-order valence-electron chi connectivity index (χ4n) is 3.23. The van der Waals surface area contributed by atoms with Crippen LogP contribution in [0, 0.1) is 0 Å². The van der Waals surface area contributed by atoms with Gasteiger partial charge >= 0.3 is 0 Å². The van der Waals surface area contributed by atoms with Crippen LogP contribution in [0.1, 0.15) is 24.0 Å². The number of rotatable bonds is 6. The van der Waals surface area contributed by atoms with Crippen molar-refractivity contribution in [3.63, 3.8) is 0 Å². The maximum Gasteiger partial charge on any atom is 0.231 e. The fraction of sp³-hybridized carbons (Fsp3) is 0.333. The quantitative estimate of drug-likeness (QED) is 0.841. The number of carbonyl (C=O) groups excluding carboxylic acids is 2. The highest BCUT2D eigenvalue weighted by molar-refractivity contribution is 5.96. The van der Waals surface area contributed by atoms with Crippen molar-refractivity contribution in [1.29, 1.82) is 0 Å². The Bertz CT molecular complexity index is 771. The number of carbonyl (C=O) groups is 2. The Hall–Kier alpha value is -2.66. The molecule has 2 N–H and O–H groups in total. The Kier molecular flexibility index (Phi) is 6.02. The summed E-state index contributed by atoms with van der Waals surface area (Å²) in [5.41, 5.74) is 3.99. The molecule has 26 heavy (non-hydrogen) atoms. The second-order valence-corrected chi connectivity index (χ2v) is 6.55. The summed E-state index contributed by atoms with van der Waals surface area (Å²) in [5.74, 6) is 0.0936. The number of aryl methyl sites for hydroxylation is 1. The van der Waals surface area contributed by atoms with Crippen LogP contribution in [-0.2, 0) is 22.4 Å². The number of benzene rings is 2. The first-order valence-electron chi connectivity index (χ1n) is 9.09. The van der Waals surface area contributed by atoms with Crippen LogP contribution in [0.3, 0.4) is 0 Å². The molecule has 0 aromatic heterocycles. The van der Waals surface area contributed by atoms with Gasteiger partial charge in [0.05, 0.1) is 6.42 Å². The zero-order chi connectivity index (χ0) is 18.4. The molecule has 5 heteroatoms. The largest absolute Gasteiger partial charge is 0.326 e. The van der Waals surface area contributed by atoms with E-state index in [4.69, 9.17) is 0 Å². The number of fused-ring (bicyclic) bond motifs is 1. The van der Waals surface area contributed by atoms with Gasteiger partial charge in [-0.05, 0) is 49.2 Å². The summed E-state index contributed by atoms with van der Waals surface area (Å²) in [6.45, 7) is 1.42. The van der Waals surface area contributed by atoms with E-state index in [1.165, 1.54) is 5.56 Å². The molecule has 0 saturated heterocycles. The average molecular weight is 351 g/mol. The Labute approximate surface area is 154 Å². The number of nitrogens with zero attached hydrogens (tertiary/aromatic N) is 1. The second kappa shape index (κ2) is 8.63. The summed E-state index contributed by atoms with van der Waals surface area (Å²) >= 11 is 0. The van der Waals surface area contributed by atoms with Crippen molar-refractivity contribution in [2.75, 3.05) is 30.4 Å². The Balaban J connectivity index is 1.61. The van der Waals surface area contributed by atoms with E-state index in [0.717, 1.165) is 36.3 Å². The highest BCUT2D eigenvalue weighted by atomic mass is 16.2. The smallest absolute Gasteiger partial charge is 0.231 e. The Morgan fingerprint density at radius 3 is 2.62 bits per heavy atom. The molecule has 0 atom stereocenters. The van der Waals surface area contributed by atoms with E-state index < -0.39 is 0 Å². The summed E-state index contributed by atoms with van der Waals surface area (Å²) < 4.78 is 0. The lowest BCUT2D eigenvalue weighted by atomic mass is 10.0. The SMILES string of the molecule is CNCCC(=O)Nc1ccc(CC(=O)N2CCCc3ccccc32)cc1. The van der Waals surface area contributed by atoms with E-state index in [9.17, 15) is 9.59 Å². The molecule has 3 rings (SSSR count). The molecule has 0 spiro atoms. The van der Waals surface area contributed by atoms with Crippen LogP contribution in [0.2, 0.25) is 0 Å². The average Bonchev–Trinajstić information content (AvgIpc) is 2.67. The fourth-order valence-corrected chi connectivity index (χ4v) is 3.23. The molecule has 1 aliphatic heterocycles. The van der Waals surface area contributed by atoms with E-state index in [1.54, 1.807) is 0 Å². The molecule has 136 valence electrons. The van der Waals surface area contributed by atoms with Crippen LogP contribution >= 0.6 is 0 Å². The number of nitrogens with one attached hydrogen (secondary N) is 2. The molecule has 0 radical (unpaired) electrons. The van der Waals surface area contributed by atoms with Gasteiger partial charge in [0.15, 0.2) is 0 Å². The van der Waals surface area contributed by atoms with E-state index >= 15 is 0 Å². The number of anilines is 2. The lowest BCUT2D eigenvalue weighted by Crippen LogP contribution is -2.36. The van der Waals surface area contributed by atoms with E-state index in [2.05, 4.69) is 16.7 Å². The van der Waals surface area contributed by atoms with Crippen LogP contribution in [0.25, 0.3) is 0 Å². The van der Waals surface area contributed by atoms with Crippen molar-refractivity contribution in [3.05, 3.63) is 59.7 Å². The summed E-state index contributed by atoms with van der Waals surface area (Å²) in [7, 11) is 1.82. The van der Waals surface area contributed by atoms with Gasteiger partial charge in [0.25, 0.3) is 0 Å². The van der Waals surface area contributed by atoms with Crippen LogP contribution in [0.15, 0.2) is 48.5 Å². The van der Waals surface area contributed by atoms with E-state index in [1.807, 2.05) is 54.4 Å². The second-order valence-electron chi connectivity index (χ2n) is 6.55. The van der Waals surface area contributed by atoms with Gasteiger partial charge in [-0.3, -0.25) is 9.59 Å². The molecule has 0 aliphatic carbocycles. The van der Waals surface area contributed by atoms with Gasteiger partial charge in [-0.25, -0.2) is 0 Å². The van der Waals surface area contributed by atoms with Gasteiger partial charge in [-0.2, -0.15) is 0 Å². The minimum absolute atomic E-state index is 0.0203. The molecule has 2 aromatic rings. The first kappa shape index (κ1) is 18.1. The minimum Gasteiger partial charge on any atom is -0.326 e. The van der Waals surface area contributed by atoms with Gasteiger partial charge < -0.3 is 15.5 Å². The molecule has 0 saturated carbocycles. The maximum atomic E-state index is 12.8. The molecule has 0 fully saturated rings. The first-order chi connectivity index (χ1) is 12.7. The van der Waals surface area contributed by atoms with Gasteiger partial charge in [0, 0.05) is 30.9 Å². The van der Waals surface area contributed by atoms with E-state index in [0.29, 0.717) is 19.4 Å². The third-order valence-electron chi connectivity index (χ3n) is 4.61. The van der Waals surface area contributed by atoms with Crippen molar-refractivity contribution in [1.82, 2.24) is 5.32 Å². The lowest BCUT2D eigenvalue weighted by molar-refractivity contribution is -0.118. The molecule has 0 bridgehead atoms. The molecule has 2 aromatic carbocycles. The van der Waals surface area contributed by atoms with E-state index in [-0.39, 0.29) is 11.8 Å². The molecular weight excluding hydrogens is 326 g/mol. The zero-order valence-corrected chi connectivity index (χ0v) is 15.1. The standard InChI is InChI=1S/C21H25N3O2/c1-22-13-12-20(25)23-18-10-8-16(9-11-18)15-21(26)24-14-4-6-17-5-2-3-7-19(17)24/h2-3,5,7-11,22H,4,6,12-15H2,1H3,(H,23,25). The highest BCUT2D eigenvalue weighted by Crippen LogP contribution is 2.27. The summed E-state index contributed by atoms with van der Waals surface area (Å²) in [6, 6.07) is 15.6. The Morgan fingerprint density at radius 2 is 1.85 bits per heavy atom. The number of amides is 2. The topological polar surface area (TPSA) is 61.4 Å². The lowest BCUT2D eigenvalue weighted by Gasteiger charge is -2.29. The van der Waals surface area contributed by atoms with Gasteiger partial charge in [-0.1, -0.05) is 30.3 Å². The van der Waals surface area contributed by atoms with Gasteiger partial charge in [0.2, 0.25) is 11.8 Å². The van der Waals surface area contributed by atoms with Crippen molar-refractivity contribution in [3.8, 4) is 0 Å². The normalized spacial score (nSPS) is 13.2. The summed E-state index contributed by atoms with van der Waals surface area (Å²) in [6.07, 6.45) is 2.83. The highest BCUT2D eigenvalue weighted by Gasteiger charge is 2.22. The third-order valence-corrected chi connectivity index (χ3v) is 4.61. The van der Waals surface area contributed by atoms with Crippen molar-refractivity contribution in [2.24, 2.45) is 0 Å². The molecule has 2 amide bonds. The van der Waals surface area contributed by atoms with Gasteiger partial charge in [0.1, 0.15) is 0 Å². The maximum absolute atomic E-state index is 12.8. The van der Waals surface area contributed by atoms with Crippen LogP contribution in [0.4, 0.5) is 11.4 Å². The molecule has 1 aliphatic rings. The monoisotopic (exact) mass is 351 g/mol. The summed E-state index contributed by atoms with van der Waals surface area (Å²) in [5, 5.41) is 5.81. The molecule has 0 unspecified atom stereocenters. The van der Waals surface area contributed by atoms with Crippen molar-refractivity contribution < 1.29 is 9.59 Å². The first-order valence-corrected chi connectivity index (χ1v) is 9.09. The zero-order valence-electron chi connectivity index (χ0n) is 15.1. The van der Waals surface area contributed by atoms with Crippen LogP contribution < -0.4 is 15.5 Å². The number of hydrogen-bond acceptors (Lipinski definition) is 3. The molecular formula is C21H25N3O2. The molecule has 5 nitrogen and oxygen atoms in total. The molecule has 1 heterocycles. The summed E-state index contributed by atoms with van der Waals surface area (Å²) in [4.78, 5) is 26.4. The predicted octanol–water partition coefficient (Wildman–Crippen LogP) is 2.76. The third kappa shape index (κ3) is 4.49. The predicted molar refractivity (Wildman–Crippen MR) is 104 cm³/mol. The van der Waals surface area contributed by atoms with Crippen molar-refractivity contribution >= 4 is 23.2 Å². The number of para-hydroxylation sites is 1. The van der Waals surface area contributed by atoms with Crippen molar-refractivity contribution in [2.45, 2.75) is 25.7 Å². The minimum atomic E-state index is -0.0203. The van der Waals surface area contributed by atoms with Crippen LogP contribution in [-0.4, -0.2) is 32.0 Å². The Morgan fingerprint density at radius 1 is 1.08 bits per heavy atom. The van der Waals surface area contributed by atoms with Crippen LogP contribution in [0.5, 0.6) is 0 Å². The number of hydrogen-bond donors (Lipinski definition) is 2.